The predicted octanol–water partition coefficient (Wildman–Crippen LogP) is 4.36. The molecule has 1 unspecified atom stereocenters. The third-order valence-corrected chi connectivity index (χ3v) is 3.96. The monoisotopic (exact) mass is 279 g/mol. The zero-order chi connectivity index (χ0) is 13.8. The molecule has 0 aliphatic carbocycles. The minimum atomic E-state index is 0.00608. The number of benzene rings is 2. The van der Waals surface area contributed by atoms with Crippen molar-refractivity contribution in [1.82, 2.24) is 4.98 Å². The van der Waals surface area contributed by atoms with Crippen LogP contribution in [0, 0.1) is 11.3 Å². The summed E-state index contributed by atoms with van der Waals surface area (Å²) in [5.74, 6) is 0. The molecule has 0 amide bonds. The number of hydrogen-bond donors (Lipinski definition) is 1. The maximum Gasteiger partial charge on any atom is 0.0813 e. The number of fused-ring (bicyclic) bond motifs is 1. The van der Waals surface area contributed by atoms with E-state index in [0.717, 1.165) is 21.5 Å². The number of thiazole rings is 1. The van der Waals surface area contributed by atoms with Gasteiger partial charge in [0.25, 0.3) is 0 Å². The lowest BCUT2D eigenvalue weighted by molar-refractivity contribution is 0.806. The minimum absolute atomic E-state index is 0.00608. The second kappa shape index (κ2) is 5.72. The molecule has 0 aliphatic rings. The number of nitrogens with one attached hydrogen (secondary N) is 1. The van der Waals surface area contributed by atoms with Crippen LogP contribution >= 0.6 is 11.3 Å². The first kappa shape index (κ1) is 12.6. The predicted molar refractivity (Wildman–Crippen MR) is 82.7 cm³/mol. The van der Waals surface area contributed by atoms with Crippen LogP contribution in [0.15, 0.2) is 54.0 Å². The van der Waals surface area contributed by atoms with Crippen molar-refractivity contribution in [3.05, 3.63) is 59.6 Å². The normalized spacial score (nSPS) is 11.9. The van der Waals surface area contributed by atoms with Gasteiger partial charge in [0.15, 0.2) is 0 Å². The molecule has 1 N–H and O–H groups in total. The zero-order valence-electron chi connectivity index (χ0n) is 10.8. The van der Waals surface area contributed by atoms with E-state index in [-0.39, 0.29) is 6.04 Å². The van der Waals surface area contributed by atoms with Crippen LogP contribution in [-0.2, 0) is 0 Å². The number of hydrogen-bond acceptors (Lipinski definition) is 4. The highest BCUT2D eigenvalue weighted by Gasteiger charge is 2.11. The van der Waals surface area contributed by atoms with E-state index >= 15 is 0 Å². The summed E-state index contributed by atoms with van der Waals surface area (Å²) in [6, 6.07) is 18.4. The van der Waals surface area contributed by atoms with Crippen LogP contribution in [0.1, 0.15) is 18.0 Å². The summed E-state index contributed by atoms with van der Waals surface area (Å²) in [7, 11) is 0. The van der Waals surface area contributed by atoms with Crippen molar-refractivity contribution in [2.45, 2.75) is 12.5 Å². The van der Waals surface area contributed by atoms with E-state index in [9.17, 15) is 0 Å². The maximum absolute atomic E-state index is 9.02. The molecular weight excluding hydrogens is 266 g/mol. The molecule has 0 radical (unpaired) electrons. The zero-order valence-corrected chi connectivity index (χ0v) is 11.6. The highest BCUT2D eigenvalue weighted by atomic mass is 32.1. The Bertz CT molecular complexity index is 743. The summed E-state index contributed by atoms with van der Waals surface area (Å²) in [6.07, 6.45) is 0.435. The summed E-state index contributed by atoms with van der Waals surface area (Å²) >= 11 is 1.62. The largest absolute Gasteiger partial charge is 0.377 e. The first-order valence-electron chi connectivity index (χ1n) is 6.38. The Kier molecular flexibility index (Phi) is 3.62. The molecule has 1 atom stereocenters. The summed E-state index contributed by atoms with van der Waals surface area (Å²) in [6.45, 7) is 0. The van der Waals surface area contributed by atoms with Crippen LogP contribution in [-0.4, -0.2) is 4.98 Å². The van der Waals surface area contributed by atoms with Gasteiger partial charge in [-0.3, -0.25) is 0 Å². The average Bonchev–Trinajstić information content (AvgIpc) is 2.95. The van der Waals surface area contributed by atoms with Crippen molar-refractivity contribution in [2.24, 2.45) is 0 Å². The van der Waals surface area contributed by atoms with Crippen LogP contribution in [0.4, 0.5) is 5.69 Å². The van der Waals surface area contributed by atoms with Gasteiger partial charge in [0, 0.05) is 5.69 Å². The molecule has 0 saturated carbocycles. The number of aromatic nitrogens is 1. The van der Waals surface area contributed by atoms with Crippen LogP contribution in [0.3, 0.4) is 0 Å². The number of anilines is 1. The fourth-order valence-electron chi connectivity index (χ4n) is 2.17. The molecule has 1 aromatic heterocycles. The molecule has 98 valence electrons. The van der Waals surface area contributed by atoms with Crippen molar-refractivity contribution < 1.29 is 0 Å². The standard InChI is InChI=1S/C16H13N3S/c17-9-8-14(12-4-2-1-3-5-12)19-13-6-7-15-16(10-13)20-11-18-15/h1-7,10-11,14,19H,8H2. The molecule has 0 fully saturated rings. The van der Waals surface area contributed by atoms with Gasteiger partial charge in [-0.1, -0.05) is 30.3 Å². The van der Waals surface area contributed by atoms with Gasteiger partial charge in [0.05, 0.1) is 34.3 Å². The fraction of sp³-hybridized carbons (Fsp3) is 0.125. The fourth-order valence-corrected chi connectivity index (χ4v) is 2.89. The van der Waals surface area contributed by atoms with Gasteiger partial charge in [0.1, 0.15) is 0 Å². The molecule has 1 heterocycles. The summed E-state index contributed by atoms with van der Waals surface area (Å²) < 4.78 is 1.15. The van der Waals surface area contributed by atoms with Crippen LogP contribution in [0.5, 0.6) is 0 Å². The van der Waals surface area contributed by atoms with Crippen LogP contribution in [0.25, 0.3) is 10.2 Å². The Balaban J connectivity index is 1.87. The van der Waals surface area contributed by atoms with Gasteiger partial charge in [-0.25, -0.2) is 4.98 Å². The summed E-state index contributed by atoms with van der Waals surface area (Å²) in [5, 5.41) is 12.5. The van der Waals surface area contributed by atoms with E-state index in [1.807, 2.05) is 48.0 Å². The van der Waals surface area contributed by atoms with Crippen molar-refractivity contribution in [3.63, 3.8) is 0 Å². The molecule has 0 spiro atoms. The summed E-state index contributed by atoms with van der Waals surface area (Å²) in [5.41, 5.74) is 5.00. The molecule has 3 rings (SSSR count). The lowest BCUT2D eigenvalue weighted by Gasteiger charge is -2.17. The molecule has 3 aromatic rings. The van der Waals surface area contributed by atoms with E-state index in [0.29, 0.717) is 6.42 Å². The number of nitrogens with zero attached hydrogens (tertiary/aromatic N) is 2. The van der Waals surface area contributed by atoms with Gasteiger partial charge in [-0.05, 0) is 23.8 Å². The SMILES string of the molecule is N#CCC(Nc1ccc2ncsc2c1)c1ccccc1. The van der Waals surface area contributed by atoms with Gasteiger partial charge < -0.3 is 5.32 Å². The second-order valence-electron chi connectivity index (χ2n) is 4.50. The second-order valence-corrected chi connectivity index (χ2v) is 5.39. The highest BCUT2D eigenvalue weighted by Crippen LogP contribution is 2.26. The summed E-state index contributed by atoms with van der Waals surface area (Å²) in [4.78, 5) is 4.27. The first-order chi connectivity index (χ1) is 9.86. The Morgan fingerprint density at radius 1 is 1.20 bits per heavy atom. The first-order valence-corrected chi connectivity index (χ1v) is 7.26. The van der Waals surface area contributed by atoms with E-state index in [1.54, 1.807) is 11.3 Å². The molecule has 0 aliphatic heterocycles. The minimum Gasteiger partial charge on any atom is -0.377 e. The van der Waals surface area contributed by atoms with Gasteiger partial charge in [-0.2, -0.15) is 5.26 Å². The average molecular weight is 279 g/mol. The third-order valence-electron chi connectivity index (χ3n) is 3.17. The van der Waals surface area contributed by atoms with Crippen molar-refractivity contribution in [3.8, 4) is 6.07 Å². The molecule has 0 saturated heterocycles. The van der Waals surface area contributed by atoms with Crippen molar-refractivity contribution in [1.29, 1.82) is 5.26 Å². The van der Waals surface area contributed by atoms with Crippen LogP contribution < -0.4 is 5.32 Å². The van der Waals surface area contributed by atoms with Gasteiger partial charge >= 0.3 is 0 Å². The van der Waals surface area contributed by atoms with E-state index in [2.05, 4.69) is 22.4 Å². The lowest BCUT2D eigenvalue weighted by atomic mass is 10.0. The lowest BCUT2D eigenvalue weighted by Crippen LogP contribution is -2.09. The smallest absolute Gasteiger partial charge is 0.0813 e. The van der Waals surface area contributed by atoms with Crippen molar-refractivity contribution in [2.75, 3.05) is 5.32 Å². The quantitative estimate of drug-likeness (QED) is 0.771. The van der Waals surface area contributed by atoms with E-state index in [4.69, 9.17) is 5.26 Å². The number of rotatable bonds is 4. The molecule has 4 heteroatoms. The van der Waals surface area contributed by atoms with Crippen LogP contribution in [0.2, 0.25) is 0 Å². The van der Waals surface area contributed by atoms with Crippen molar-refractivity contribution >= 4 is 27.2 Å². The Morgan fingerprint density at radius 3 is 2.85 bits per heavy atom. The van der Waals surface area contributed by atoms with E-state index < -0.39 is 0 Å². The molecule has 3 nitrogen and oxygen atoms in total. The molecular formula is C16H13N3S. The highest BCUT2D eigenvalue weighted by molar-refractivity contribution is 7.16. The maximum atomic E-state index is 9.02. The van der Waals surface area contributed by atoms with Gasteiger partial charge in [0.2, 0.25) is 0 Å². The Morgan fingerprint density at radius 2 is 2.05 bits per heavy atom. The third kappa shape index (κ3) is 2.63. The molecule has 2 aromatic carbocycles. The topological polar surface area (TPSA) is 48.7 Å². The molecule has 20 heavy (non-hydrogen) atoms. The number of nitriles is 1. The van der Waals surface area contributed by atoms with E-state index in [1.165, 1.54) is 0 Å². The Hall–Kier alpha value is -2.38. The van der Waals surface area contributed by atoms with Gasteiger partial charge in [-0.15, -0.1) is 11.3 Å². The Labute approximate surface area is 121 Å². The molecule has 0 bridgehead atoms.